The van der Waals surface area contributed by atoms with Crippen LogP contribution in [0.4, 0.5) is 0 Å². The Kier molecular flexibility index (Phi) is 2.96. The van der Waals surface area contributed by atoms with Crippen molar-refractivity contribution in [1.29, 1.82) is 0 Å². The van der Waals surface area contributed by atoms with E-state index in [0.29, 0.717) is 11.3 Å². The smallest absolute Gasteiger partial charge is 0.423 e. The molecule has 0 saturated heterocycles. The normalized spacial score (nSPS) is 10.6. The fraction of sp³-hybridized carbons (Fsp3) is 0.0909. The summed E-state index contributed by atoms with van der Waals surface area (Å²) in [5, 5.41) is 20.1. The molecule has 0 fully saturated rings. The van der Waals surface area contributed by atoms with Crippen LogP contribution in [-0.4, -0.2) is 17.2 Å². The Morgan fingerprint density at radius 3 is 2.33 bits per heavy atom. The van der Waals surface area contributed by atoms with Gasteiger partial charge in [0.05, 0.1) is 0 Å². The largest absolute Gasteiger partial charge is 0.488 e. The predicted molar refractivity (Wildman–Crippen MR) is 63.3 cm³/mol. The number of benzene rings is 2. The topological polar surface area (TPSA) is 40.5 Å². The summed E-state index contributed by atoms with van der Waals surface area (Å²) in [6.45, 7) is 0. The van der Waals surface area contributed by atoms with Gasteiger partial charge in [-0.3, -0.25) is 0 Å². The summed E-state index contributed by atoms with van der Waals surface area (Å²) in [6.07, 6.45) is 0. The summed E-state index contributed by atoms with van der Waals surface area (Å²) in [5.74, 6) is 0.486. The van der Waals surface area contributed by atoms with Crippen molar-refractivity contribution in [3.8, 4) is 0 Å². The lowest BCUT2D eigenvalue weighted by Gasteiger charge is -2.03. The number of fused-ring (bicyclic) bond motifs is 1. The van der Waals surface area contributed by atoms with Gasteiger partial charge in [0.15, 0.2) is 0 Å². The third kappa shape index (κ3) is 2.15. The highest BCUT2D eigenvalue weighted by Crippen LogP contribution is 2.16. The van der Waals surface area contributed by atoms with Crippen molar-refractivity contribution in [2.24, 2.45) is 0 Å². The molecule has 2 N–H and O–H groups in total. The highest BCUT2D eigenvalue weighted by atomic mass is 35.5. The average molecular weight is 220 g/mol. The first-order chi connectivity index (χ1) is 7.20. The van der Waals surface area contributed by atoms with Crippen molar-refractivity contribution in [3.05, 3.63) is 42.0 Å². The van der Waals surface area contributed by atoms with Crippen LogP contribution in [0, 0.1) is 0 Å². The Bertz CT molecular complexity index is 485. The average Bonchev–Trinajstić information content (AvgIpc) is 2.27. The van der Waals surface area contributed by atoms with Gasteiger partial charge in [-0.2, -0.15) is 0 Å². The zero-order valence-corrected chi connectivity index (χ0v) is 8.78. The van der Waals surface area contributed by atoms with Gasteiger partial charge in [0.1, 0.15) is 0 Å². The second kappa shape index (κ2) is 4.23. The van der Waals surface area contributed by atoms with Crippen molar-refractivity contribution >= 4 is 35.0 Å². The minimum atomic E-state index is -1.41. The third-order valence-electron chi connectivity index (χ3n) is 2.38. The monoisotopic (exact) mass is 220 g/mol. The third-order valence-corrected chi connectivity index (χ3v) is 2.69. The molecule has 0 aliphatic heterocycles. The minimum Gasteiger partial charge on any atom is -0.423 e. The molecule has 0 heterocycles. The summed E-state index contributed by atoms with van der Waals surface area (Å²) >= 11 is 5.73. The van der Waals surface area contributed by atoms with Crippen LogP contribution in [0.25, 0.3) is 10.8 Å². The molecule has 0 aliphatic rings. The maximum atomic E-state index is 9.02. The molecular weight excluding hydrogens is 210 g/mol. The molecule has 0 aliphatic carbocycles. The molecule has 2 aromatic rings. The molecule has 2 aromatic carbocycles. The van der Waals surface area contributed by atoms with Crippen LogP contribution in [0.3, 0.4) is 0 Å². The zero-order chi connectivity index (χ0) is 10.8. The van der Waals surface area contributed by atoms with E-state index in [1.807, 2.05) is 24.3 Å². The highest BCUT2D eigenvalue weighted by Gasteiger charge is 2.10. The summed E-state index contributed by atoms with van der Waals surface area (Å²) in [6, 6.07) is 11.2. The van der Waals surface area contributed by atoms with Crippen LogP contribution >= 0.6 is 11.6 Å². The Balaban J connectivity index is 2.55. The lowest BCUT2D eigenvalue weighted by atomic mass is 9.79. The zero-order valence-electron chi connectivity index (χ0n) is 8.02. The summed E-state index contributed by atoms with van der Waals surface area (Å²) in [7, 11) is -1.41. The Morgan fingerprint density at radius 1 is 1.00 bits per heavy atom. The van der Waals surface area contributed by atoms with Gasteiger partial charge in [0.25, 0.3) is 0 Å². The van der Waals surface area contributed by atoms with Gasteiger partial charge >= 0.3 is 7.12 Å². The number of hydrogen-bond acceptors (Lipinski definition) is 2. The molecule has 2 rings (SSSR count). The number of rotatable bonds is 2. The van der Waals surface area contributed by atoms with Gasteiger partial charge in [0.2, 0.25) is 0 Å². The molecule has 0 atom stereocenters. The van der Waals surface area contributed by atoms with Crippen LogP contribution in [0.2, 0.25) is 0 Å². The molecule has 76 valence electrons. The van der Waals surface area contributed by atoms with E-state index >= 15 is 0 Å². The number of halogens is 1. The van der Waals surface area contributed by atoms with Crippen molar-refractivity contribution in [2.45, 2.75) is 5.88 Å². The molecule has 15 heavy (non-hydrogen) atoms. The van der Waals surface area contributed by atoms with Crippen LogP contribution < -0.4 is 5.46 Å². The van der Waals surface area contributed by atoms with Crippen LogP contribution in [-0.2, 0) is 5.88 Å². The van der Waals surface area contributed by atoms with Gasteiger partial charge in [-0.25, -0.2) is 0 Å². The van der Waals surface area contributed by atoms with Gasteiger partial charge in [-0.1, -0.05) is 30.3 Å². The van der Waals surface area contributed by atoms with Crippen molar-refractivity contribution in [1.82, 2.24) is 0 Å². The minimum absolute atomic E-state index is 0.486. The van der Waals surface area contributed by atoms with Crippen molar-refractivity contribution in [2.75, 3.05) is 0 Å². The fourth-order valence-electron chi connectivity index (χ4n) is 1.56. The molecule has 0 radical (unpaired) electrons. The fourth-order valence-corrected chi connectivity index (χ4v) is 1.72. The van der Waals surface area contributed by atoms with Crippen LogP contribution in [0.5, 0.6) is 0 Å². The van der Waals surface area contributed by atoms with E-state index in [0.717, 1.165) is 16.3 Å². The van der Waals surface area contributed by atoms with E-state index in [1.165, 1.54) is 0 Å². The van der Waals surface area contributed by atoms with Gasteiger partial charge in [-0.05, 0) is 27.9 Å². The highest BCUT2D eigenvalue weighted by molar-refractivity contribution is 6.58. The summed E-state index contributed by atoms with van der Waals surface area (Å²) in [5.41, 5.74) is 1.56. The standard InChI is InChI=1S/C11H10BClO2/c13-7-8-1-2-10-6-11(12(14)15)4-3-9(10)5-8/h1-6,14-15H,7H2. The second-order valence-corrected chi connectivity index (χ2v) is 3.72. The van der Waals surface area contributed by atoms with Gasteiger partial charge in [-0.15, -0.1) is 11.6 Å². The summed E-state index contributed by atoms with van der Waals surface area (Å²) in [4.78, 5) is 0. The lowest BCUT2D eigenvalue weighted by molar-refractivity contribution is 0.426. The Hall–Kier alpha value is -1.03. The van der Waals surface area contributed by atoms with E-state index in [9.17, 15) is 0 Å². The molecule has 0 bridgehead atoms. The molecule has 0 spiro atoms. The maximum absolute atomic E-state index is 9.02. The maximum Gasteiger partial charge on any atom is 0.488 e. The molecular formula is C11H10BClO2. The molecule has 0 saturated carbocycles. The lowest BCUT2D eigenvalue weighted by Crippen LogP contribution is -2.29. The predicted octanol–water partition coefficient (Wildman–Crippen LogP) is 1.26. The van der Waals surface area contributed by atoms with E-state index in [2.05, 4.69) is 0 Å². The number of hydrogen-bond donors (Lipinski definition) is 2. The molecule has 0 aromatic heterocycles. The second-order valence-electron chi connectivity index (χ2n) is 3.45. The quantitative estimate of drug-likeness (QED) is 0.591. The van der Waals surface area contributed by atoms with Crippen molar-refractivity contribution in [3.63, 3.8) is 0 Å². The van der Waals surface area contributed by atoms with Crippen molar-refractivity contribution < 1.29 is 10.0 Å². The van der Waals surface area contributed by atoms with Crippen LogP contribution in [0.15, 0.2) is 36.4 Å². The molecule has 0 amide bonds. The molecule has 4 heteroatoms. The van der Waals surface area contributed by atoms with E-state index in [1.54, 1.807) is 12.1 Å². The summed E-state index contributed by atoms with van der Waals surface area (Å²) < 4.78 is 0. The first kappa shape index (κ1) is 10.5. The van der Waals surface area contributed by atoms with Crippen LogP contribution in [0.1, 0.15) is 5.56 Å². The van der Waals surface area contributed by atoms with E-state index in [-0.39, 0.29) is 0 Å². The first-order valence-corrected chi connectivity index (χ1v) is 5.19. The van der Waals surface area contributed by atoms with E-state index < -0.39 is 7.12 Å². The van der Waals surface area contributed by atoms with E-state index in [4.69, 9.17) is 21.6 Å². The Labute approximate surface area is 93.3 Å². The SMILES string of the molecule is OB(O)c1ccc2cc(CCl)ccc2c1. The molecule has 2 nitrogen and oxygen atoms in total. The number of alkyl halides is 1. The van der Waals surface area contributed by atoms with Gasteiger partial charge < -0.3 is 10.0 Å². The first-order valence-electron chi connectivity index (χ1n) is 4.65. The Morgan fingerprint density at radius 2 is 1.67 bits per heavy atom. The van der Waals surface area contributed by atoms with Gasteiger partial charge in [0, 0.05) is 5.88 Å². The molecule has 0 unspecified atom stereocenters.